The zero-order chi connectivity index (χ0) is 35.3. The van der Waals surface area contributed by atoms with Crippen molar-refractivity contribution in [2.45, 2.75) is 65.3 Å². The smallest absolute Gasteiger partial charge is 0.407 e. The molecule has 0 aliphatic rings. The number of rotatable bonds is 10. The molecule has 0 aromatic heterocycles. The van der Waals surface area contributed by atoms with Crippen molar-refractivity contribution in [1.29, 1.82) is 0 Å². The summed E-state index contributed by atoms with van der Waals surface area (Å²) in [5, 5.41) is 23.7. The van der Waals surface area contributed by atoms with Crippen LogP contribution in [0.25, 0.3) is 0 Å². The van der Waals surface area contributed by atoms with Crippen LogP contribution in [-0.4, -0.2) is 34.3 Å². The molecule has 252 valence electrons. The lowest BCUT2D eigenvalue weighted by atomic mass is 9.82. The maximum Gasteiger partial charge on any atom is 0.407 e. The number of hydrogen-bond donors (Lipinski definition) is 4. The van der Waals surface area contributed by atoms with Crippen LogP contribution in [0, 0.1) is 0 Å². The van der Waals surface area contributed by atoms with Gasteiger partial charge in [-0.2, -0.15) is 0 Å². The molecular formula is C38H42N2O8. The second-order valence-electron chi connectivity index (χ2n) is 12.1. The third-order valence-electron chi connectivity index (χ3n) is 7.33. The highest BCUT2D eigenvalue weighted by atomic mass is 16.6. The van der Waals surface area contributed by atoms with Crippen LogP contribution in [0.2, 0.25) is 0 Å². The summed E-state index contributed by atoms with van der Waals surface area (Å²) in [6, 6.07) is 29.8. The second kappa shape index (κ2) is 17.3. The molecule has 0 unspecified atom stereocenters. The number of ether oxygens (including phenoxy) is 2. The first-order chi connectivity index (χ1) is 22.7. The van der Waals surface area contributed by atoms with Gasteiger partial charge in [-0.15, -0.1) is 0 Å². The number of hydrogen-bond acceptors (Lipinski definition) is 6. The quantitative estimate of drug-likeness (QED) is 0.134. The number of carbonyl (C=O) groups excluding carboxylic acids is 2. The Bertz CT molecular complexity index is 1670. The van der Waals surface area contributed by atoms with Gasteiger partial charge in [-0.05, 0) is 65.3 Å². The number of aromatic carboxylic acids is 2. The maximum atomic E-state index is 12.0. The molecule has 0 saturated carbocycles. The first-order valence-corrected chi connectivity index (χ1v) is 15.4. The standard InChI is InChI=1S/C21H25NO4.C17H17NO4/c1-14(22-20(25)26-13-15-8-6-5-7-9-15)16-10-11-17(19(23)24)18(12-16)21(2,3)4;1-12(14-7-9-15(10-8-14)16(19)20)18-17(21)22-11-13-5-3-2-4-6-13/h5-12,14H,13H2,1-4H3,(H,22,25)(H,23,24);2-10,12H,11H2,1H3,(H,18,21)(H,19,20)/t14-;12-/m00/s1. The number of carbonyl (C=O) groups is 4. The molecule has 4 N–H and O–H groups in total. The maximum absolute atomic E-state index is 12.0. The van der Waals surface area contributed by atoms with Crippen LogP contribution in [0.4, 0.5) is 9.59 Å². The lowest BCUT2D eigenvalue weighted by Crippen LogP contribution is -2.28. The van der Waals surface area contributed by atoms with Crippen molar-refractivity contribution in [2.75, 3.05) is 0 Å². The highest BCUT2D eigenvalue weighted by Crippen LogP contribution is 2.29. The predicted molar refractivity (Wildman–Crippen MR) is 182 cm³/mol. The molecule has 4 aromatic carbocycles. The molecule has 0 heterocycles. The molecule has 2 atom stereocenters. The van der Waals surface area contributed by atoms with E-state index in [1.165, 1.54) is 12.1 Å². The first kappa shape index (κ1) is 36.8. The Hall–Kier alpha value is -5.64. The Morgan fingerprint density at radius 3 is 1.48 bits per heavy atom. The fourth-order valence-corrected chi connectivity index (χ4v) is 4.60. The monoisotopic (exact) mass is 654 g/mol. The molecule has 10 nitrogen and oxygen atoms in total. The summed E-state index contributed by atoms with van der Waals surface area (Å²) in [5.41, 5.74) is 4.36. The van der Waals surface area contributed by atoms with Gasteiger partial charge >= 0.3 is 24.1 Å². The van der Waals surface area contributed by atoms with Gasteiger partial charge in [-0.3, -0.25) is 0 Å². The van der Waals surface area contributed by atoms with Crippen LogP contribution in [0.5, 0.6) is 0 Å². The van der Waals surface area contributed by atoms with Gasteiger partial charge in [0.05, 0.1) is 23.2 Å². The summed E-state index contributed by atoms with van der Waals surface area (Å²) >= 11 is 0. The molecule has 0 saturated heterocycles. The summed E-state index contributed by atoms with van der Waals surface area (Å²) < 4.78 is 10.4. The highest BCUT2D eigenvalue weighted by molar-refractivity contribution is 5.90. The second-order valence-corrected chi connectivity index (χ2v) is 12.1. The average molecular weight is 655 g/mol. The Kier molecular flexibility index (Phi) is 13.3. The summed E-state index contributed by atoms with van der Waals surface area (Å²) in [6.07, 6.45) is -1.03. The first-order valence-electron chi connectivity index (χ1n) is 15.4. The number of nitrogens with one attached hydrogen (secondary N) is 2. The van der Waals surface area contributed by atoms with Gasteiger partial charge in [0, 0.05) is 0 Å². The number of alkyl carbamates (subject to hydrolysis) is 2. The van der Waals surface area contributed by atoms with Crippen LogP contribution in [0.3, 0.4) is 0 Å². The number of amides is 2. The fraction of sp³-hybridized carbons (Fsp3) is 0.263. The van der Waals surface area contributed by atoms with Crippen molar-refractivity contribution >= 4 is 24.1 Å². The van der Waals surface area contributed by atoms with Crippen molar-refractivity contribution in [3.05, 3.63) is 142 Å². The van der Waals surface area contributed by atoms with Crippen molar-refractivity contribution in [2.24, 2.45) is 0 Å². The van der Waals surface area contributed by atoms with E-state index < -0.39 is 24.1 Å². The van der Waals surface area contributed by atoms with Crippen LogP contribution >= 0.6 is 0 Å². The lowest BCUT2D eigenvalue weighted by Gasteiger charge is -2.24. The number of benzene rings is 4. The summed E-state index contributed by atoms with van der Waals surface area (Å²) in [4.78, 5) is 46.0. The third-order valence-corrected chi connectivity index (χ3v) is 7.33. The Balaban J connectivity index is 0.000000264. The normalized spacial score (nSPS) is 11.9. The summed E-state index contributed by atoms with van der Waals surface area (Å²) in [6.45, 7) is 9.94. The van der Waals surface area contributed by atoms with Crippen LogP contribution in [0.15, 0.2) is 103 Å². The van der Waals surface area contributed by atoms with Crippen molar-refractivity contribution in [3.8, 4) is 0 Å². The molecule has 0 aliphatic heterocycles. The molecule has 10 heteroatoms. The molecule has 2 amide bonds. The molecule has 4 rings (SSSR count). The van der Waals surface area contributed by atoms with E-state index in [0.717, 1.165) is 27.8 Å². The van der Waals surface area contributed by atoms with Crippen molar-refractivity contribution < 1.29 is 38.9 Å². The van der Waals surface area contributed by atoms with Crippen LogP contribution < -0.4 is 10.6 Å². The number of carboxylic acid groups (broad SMARTS) is 2. The number of carboxylic acids is 2. The largest absolute Gasteiger partial charge is 0.478 e. The molecular weight excluding hydrogens is 612 g/mol. The van der Waals surface area contributed by atoms with Gasteiger partial charge in [-0.1, -0.05) is 106 Å². The van der Waals surface area contributed by atoms with E-state index in [1.54, 1.807) is 31.2 Å². The zero-order valence-electron chi connectivity index (χ0n) is 27.7. The van der Waals surface area contributed by atoms with Gasteiger partial charge in [0.2, 0.25) is 0 Å². The van der Waals surface area contributed by atoms with Gasteiger partial charge in [0.25, 0.3) is 0 Å². The minimum atomic E-state index is -0.977. The Morgan fingerprint density at radius 1 is 0.625 bits per heavy atom. The van der Waals surface area contributed by atoms with Crippen LogP contribution in [0.1, 0.15) is 95.2 Å². The van der Waals surface area contributed by atoms with E-state index in [9.17, 15) is 24.3 Å². The van der Waals surface area contributed by atoms with E-state index in [4.69, 9.17) is 14.6 Å². The molecule has 0 spiro atoms. The molecule has 48 heavy (non-hydrogen) atoms. The van der Waals surface area contributed by atoms with Crippen molar-refractivity contribution in [3.63, 3.8) is 0 Å². The average Bonchev–Trinajstić information content (AvgIpc) is 3.07. The topological polar surface area (TPSA) is 151 Å². The fourth-order valence-electron chi connectivity index (χ4n) is 4.60. The molecule has 4 aromatic rings. The minimum absolute atomic E-state index is 0.199. The molecule has 0 aliphatic carbocycles. The molecule has 0 radical (unpaired) electrons. The predicted octanol–water partition coefficient (Wildman–Crippen LogP) is 8.04. The van der Waals surface area contributed by atoms with Gasteiger partial charge in [-0.25, -0.2) is 19.2 Å². The van der Waals surface area contributed by atoms with Crippen molar-refractivity contribution in [1.82, 2.24) is 10.6 Å². The zero-order valence-corrected chi connectivity index (χ0v) is 27.7. The Labute approximate surface area is 280 Å². The van der Waals surface area contributed by atoms with E-state index >= 15 is 0 Å². The minimum Gasteiger partial charge on any atom is -0.478 e. The highest BCUT2D eigenvalue weighted by Gasteiger charge is 2.23. The van der Waals surface area contributed by atoms with E-state index in [0.29, 0.717) is 0 Å². The Morgan fingerprint density at radius 2 is 1.06 bits per heavy atom. The SMILES string of the molecule is C[C@H](NC(=O)OCc1ccccc1)c1ccc(C(=O)O)c(C(C)(C)C)c1.C[C@H](NC(=O)OCc1ccccc1)c1ccc(C(=O)O)cc1. The van der Waals surface area contributed by atoms with E-state index in [1.807, 2.05) is 94.4 Å². The summed E-state index contributed by atoms with van der Waals surface area (Å²) in [5.74, 6) is -1.93. The van der Waals surface area contributed by atoms with E-state index in [-0.39, 0.29) is 41.8 Å². The lowest BCUT2D eigenvalue weighted by molar-refractivity contribution is 0.0684. The van der Waals surface area contributed by atoms with Gasteiger partial charge < -0.3 is 30.3 Å². The van der Waals surface area contributed by atoms with Crippen LogP contribution in [-0.2, 0) is 28.1 Å². The van der Waals surface area contributed by atoms with E-state index in [2.05, 4.69) is 10.6 Å². The van der Waals surface area contributed by atoms with Gasteiger partial charge in [0.15, 0.2) is 0 Å². The molecule has 0 fully saturated rings. The molecule has 0 bridgehead atoms. The summed E-state index contributed by atoms with van der Waals surface area (Å²) in [7, 11) is 0. The van der Waals surface area contributed by atoms with Gasteiger partial charge in [0.1, 0.15) is 13.2 Å². The third kappa shape index (κ3) is 11.6.